The van der Waals surface area contributed by atoms with Crippen LogP contribution in [0.3, 0.4) is 0 Å². The molecular weight excluding hydrogens is 164 g/mol. The minimum atomic E-state index is 0.720. The Kier molecular flexibility index (Phi) is 2.49. The molecule has 0 aromatic carbocycles. The van der Waals surface area contributed by atoms with E-state index in [2.05, 4.69) is 34.0 Å². The van der Waals surface area contributed by atoms with Gasteiger partial charge in [-0.3, -0.25) is 5.10 Å². The van der Waals surface area contributed by atoms with Crippen molar-refractivity contribution in [2.75, 3.05) is 12.0 Å². The molecule has 0 atom stereocenters. The van der Waals surface area contributed by atoms with Gasteiger partial charge in [-0.1, -0.05) is 6.92 Å². The molecule has 13 heavy (non-hydrogen) atoms. The van der Waals surface area contributed by atoms with Gasteiger partial charge in [-0.05, 0) is 19.3 Å². The Balaban J connectivity index is 1.82. The van der Waals surface area contributed by atoms with Crippen molar-refractivity contribution in [2.24, 2.45) is 0 Å². The van der Waals surface area contributed by atoms with Crippen LogP contribution in [0, 0.1) is 0 Å². The molecular formula is C9H16N4. The Labute approximate surface area is 78.1 Å². The third-order valence-electron chi connectivity index (χ3n) is 2.19. The highest BCUT2D eigenvalue weighted by Crippen LogP contribution is 2.39. The van der Waals surface area contributed by atoms with Crippen molar-refractivity contribution < 1.29 is 0 Å². The fourth-order valence-electron chi connectivity index (χ4n) is 1.27. The Morgan fingerprint density at radius 3 is 3.15 bits per heavy atom. The van der Waals surface area contributed by atoms with Gasteiger partial charge in [0.15, 0.2) is 0 Å². The lowest BCUT2D eigenvalue weighted by Crippen LogP contribution is -2.22. The highest BCUT2D eigenvalue weighted by atomic mass is 15.4. The number of aromatic amines is 1. The lowest BCUT2D eigenvalue weighted by atomic mass is 10.3. The molecule has 1 aromatic rings. The maximum absolute atomic E-state index is 4.23. The first-order chi connectivity index (χ1) is 6.40. The van der Waals surface area contributed by atoms with E-state index in [0.717, 1.165) is 24.7 Å². The largest absolute Gasteiger partial charge is 0.306 e. The van der Waals surface area contributed by atoms with E-state index in [0.29, 0.717) is 0 Å². The summed E-state index contributed by atoms with van der Waals surface area (Å²) in [4.78, 5) is 0. The number of H-pyrrole nitrogens is 1. The average Bonchev–Trinajstić information content (AvgIpc) is 2.88. The summed E-state index contributed by atoms with van der Waals surface area (Å²) in [6, 6.07) is 2.08. The Morgan fingerprint density at radius 1 is 1.62 bits per heavy atom. The molecule has 0 saturated heterocycles. The molecule has 4 nitrogen and oxygen atoms in total. The van der Waals surface area contributed by atoms with Gasteiger partial charge in [0.2, 0.25) is 0 Å². The van der Waals surface area contributed by atoms with E-state index >= 15 is 0 Å². The molecule has 0 aliphatic heterocycles. The van der Waals surface area contributed by atoms with Gasteiger partial charge in [-0.25, -0.2) is 5.43 Å². The lowest BCUT2D eigenvalue weighted by molar-refractivity contribution is 0.755. The third kappa shape index (κ3) is 2.21. The van der Waals surface area contributed by atoms with Crippen molar-refractivity contribution in [3.8, 4) is 0 Å². The van der Waals surface area contributed by atoms with Crippen LogP contribution in [0.15, 0.2) is 6.07 Å². The zero-order valence-electron chi connectivity index (χ0n) is 7.93. The SMILES string of the molecule is CCCNNc1cc(C2CC2)n[nH]1. The van der Waals surface area contributed by atoms with Crippen LogP contribution in [0.4, 0.5) is 5.82 Å². The quantitative estimate of drug-likeness (QED) is 0.476. The summed E-state index contributed by atoms with van der Waals surface area (Å²) in [5, 5.41) is 7.19. The van der Waals surface area contributed by atoms with Gasteiger partial charge >= 0.3 is 0 Å². The van der Waals surface area contributed by atoms with Gasteiger partial charge in [0.25, 0.3) is 0 Å². The second kappa shape index (κ2) is 3.79. The normalized spacial score (nSPS) is 16.1. The van der Waals surface area contributed by atoms with Crippen LogP contribution in [0.1, 0.15) is 37.8 Å². The van der Waals surface area contributed by atoms with Crippen LogP contribution in [-0.2, 0) is 0 Å². The minimum Gasteiger partial charge on any atom is -0.306 e. The molecule has 3 N–H and O–H groups in total. The number of nitrogens with zero attached hydrogens (tertiary/aromatic N) is 1. The topological polar surface area (TPSA) is 52.7 Å². The summed E-state index contributed by atoms with van der Waals surface area (Å²) in [6.45, 7) is 3.11. The average molecular weight is 180 g/mol. The first-order valence-electron chi connectivity index (χ1n) is 4.94. The van der Waals surface area contributed by atoms with Crippen molar-refractivity contribution in [3.05, 3.63) is 11.8 Å². The first kappa shape index (κ1) is 8.56. The van der Waals surface area contributed by atoms with Crippen LogP contribution in [0.2, 0.25) is 0 Å². The molecule has 1 heterocycles. The van der Waals surface area contributed by atoms with Crippen molar-refractivity contribution in [1.29, 1.82) is 0 Å². The summed E-state index contributed by atoms with van der Waals surface area (Å²) < 4.78 is 0. The van der Waals surface area contributed by atoms with Crippen molar-refractivity contribution in [2.45, 2.75) is 32.1 Å². The van der Waals surface area contributed by atoms with Gasteiger partial charge < -0.3 is 5.43 Å². The van der Waals surface area contributed by atoms with E-state index in [1.54, 1.807) is 0 Å². The summed E-state index contributed by atoms with van der Waals surface area (Å²) >= 11 is 0. The van der Waals surface area contributed by atoms with Gasteiger partial charge in [0.05, 0.1) is 5.69 Å². The summed E-state index contributed by atoms with van der Waals surface area (Å²) in [7, 11) is 0. The van der Waals surface area contributed by atoms with Crippen molar-refractivity contribution in [1.82, 2.24) is 15.6 Å². The van der Waals surface area contributed by atoms with Gasteiger partial charge in [0, 0.05) is 18.5 Å². The summed E-state index contributed by atoms with van der Waals surface area (Å²) in [5.74, 6) is 1.69. The zero-order valence-corrected chi connectivity index (χ0v) is 7.93. The van der Waals surface area contributed by atoms with Crippen LogP contribution >= 0.6 is 0 Å². The standard InChI is InChI=1S/C9H16N4/c1-2-5-10-12-9-6-8(11-13-9)7-3-4-7/h6-7,10H,2-5H2,1H3,(H2,11,12,13). The van der Waals surface area contributed by atoms with Gasteiger partial charge in [-0.2, -0.15) is 5.10 Å². The molecule has 4 heteroatoms. The van der Waals surface area contributed by atoms with Crippen LogP contribution in [-0.4, -0.2) is 16.7 Å². The zero-order chi connectivity index (χ0) is 9.10. The van der Waals surface area contributed by atoms with Gasteiger partial charge in [-0.15, -0.1) is 0 Å². The molecule has 1 aliphatic rings. The van der Waals surface area contributed by atoms with E-state index in [1.165, 1.54) is 18.5 Å². The minimum absolute atomic E-state index is 0.720. The second-order valence-corrected chi connectivity index (χ2v) is 3.53. The molecule has 0 unspecified atom stereocenters. The number of rotatable bonds is 5. The van der Waals surface area contributed by atoms with E-state index in [1.807, 2.05) is 0 Å². The molecule has 0 bridgehead atoms. The number of nitrogens with one attached hydrogen (secondary N) is 3. The fraction of sp³-hybridized carbons (Fsp3) is 0.667. The predicted molar refractivity (Wildman–Crippen MR) is 52.5 cm³/mol. The predicted octanol–water partition coefficient (Wildman–Crippen LogP) is 1.61. The van der Waals surface area contributed by atoms with Crippen LogP contribution in [0.25, 0.3) is 0 Å². The second-order valence-electron chi connectivity index (χ2n) is 3.53. The molecule has 0 spiro atoms. The lowest BCUT2D eigenvalue weighted by Gasteiger charge is -2.02. The smallest absolute Gasteiger partial charge is 0.136 e. The summed E-state index contributed by atoms with van der Waals surface area (Å²) in [6.07, 6.45) is 3.72. The monoisotopic (exact) mass is 180 g/mol. The number of hydrogen-bond acceptors (Lipinski definition) is 3. The molecule has 72 valence electrons. The number of anilines is 1. The van der Waals surface area contributed by atoms with Crippen molar-refractivity contribution in [3.63, 3.8) is 0 Å². The third-order valence-corrected chi connectivity index (χ3v) is 2.19. The fourth-order valence-corrected chi connectivity index (χ4v) is 1.27. The molecule has 1 aromatic heterocycles. The maximum atomic E-state index is 4.23. The van der Waals surface area contributed by atoms with E-state index < -0.39 is 0 Å². The Hall–Kier alpha value is -1.03. The maximum Gasteiger partial charge on any atom is 0.136 e. The Bertz CT molecular complexity index is 264. The molecule has 1 aliphatic carbocycles. The number of hydrogen-bond donors (Lipinski definition) is 3. The van der Waals surface area contributed by atoms with Crippen LogP contribution in [0.5, 0.6) is 0 Å². The van der Waals surface area contributed by atoms with Crippen LogP contribution < -0.4 is 10.9 Å². The Morgan fingerprint density at radius 2 is 2.46 bits per heavy atom. The van der Waals surface area contributed by atoms with Crippen molar-refractivity contribution >= 4 is 5.82 Å². The molecule has 2 rings (SSSR count). The molecule has 1 fully saturated rings. The molecule has 1 saturated carbocycles. The van der Waals surface area contributed by atoms with E-state index in [-0.39, 0.29) is 0 Å². The highest BCUT2D eigenvalue weighted by Gasteiger charge is 2.25. The van der Waals surface area contributed by atoms with E-state index in [9.17, 15) is 0 Å². The first-order valence-corrected chi connectivity index (χ1v) is 4.94. The van der Waals surface area contributed by atoms with Gasteiger partial charge in [0.1, 0.15) is 5.82 Å². The highest BCUT2D eigenvalue weighted by molar-refractivity contribution is 5.36. The number of hydrazine groups is 1. The molecule has 0 radical (unpaired) electrons. The number of aromatic nitrogens is 2. The summed E-state index contributed by atoms with van der Waals surface area (Å²) in [5.41, 5.74) is 7.38. The van der Waals surface area contributed by atoms with E-state index in [4.69, 9.17) is 0 Å². The molecule has 0 amide bonds.